The van der Waals surface area contributed by atoms with Gasteiger partial charge in [-0.25, -0.2) is 0 Å². The molecule has 0 bridgehead atoms. The Hall–Kier alpha value is -2.17. The Morgan fingerprint density at radius 2 is 1.74 bits per heavy atom. The lowest BCUT2D eigenvalue weighted by molar-refractivity contribution is -0.121. The number of hydrogen-bond donors (Lipinski definition) is 1. The van der Waals surface area contributed by atoms with E-state index in [1.54, 1.807) is 24.3 Å². The number of carbonyl (C=O) groups is 3. The summed E-state index contributed by atoms with van der Waals surface area (Å²) in [5.74, 6) is -0.520. The van der Waals surface area contributed by atoms with Gasteiger partial charge in [0.1, 0.15) is 0 Å². The average molecular weight is 260 g/mol. The van der Waals surface area contributed by atoms with Gasteiger partial charge >= 0.3 is 0 Å². The van der Waals surface area contributed by atoms with E-state index in [0.29, 0.717) is 17.8 Å². The van der Waals surface area contributed by atoms with E-state index in [0.717, 1.165) is 6.42 Å². The lowest BCUT2D eigenvalue weighted by atomic mass is 10.2. The third-order valence-electron chi connectivity index (χ3n) is 2.97. The lowest BCUT2D eigenvalue weighted by Gasteiger charge is -2.14. The molecule has 0 atom stereocenters. The minimum absolute atomic E-state index is 0.146. The number of nitrogens with zero attached hydrogens (tertiary/aromatic N) is 1. The molecule has 0 saturated carbocycles. The number of imide groups is 1. The first-order chi connectivity index (χ1) is 9.13. The van der Waals surface area contributed by atoms with E-state index in [9.17, 15) is 14.4 Å². The largest absolute Gasteiger partial charge is 0.352 e. The molecular weight excluding hydrogens is 244 g/mol. The molecule has 5 heteroatoms. The van der Waals surface area contributed by atoms with Crippen molar-refractivity contribution in [2.45, 2.75) is 26.2 Å². The van der Waals surface area contributed by atoms with Crippen molar-refractivity contribution in [2.75, 3.05) is 11.4 Å². The summed E-state index contributed by atoms with van der Waals surface area (Å²) in [7, 11) is 0. The maximum absolute atomic E-state index is 11.7. The highest BCUT2D eigenvalue weighted by Crippen LogP contribution is 2.22. The first-order valence-corrected chi connectivity index (χ1v) is 6.37. The van der Waals surface area contributed by atoms with Crippen molar-refractivity contribution in [3.63, 3.8) is 0 Å². The van der Waals surface area contributed by atoms with Crippen LogP contribution in [0.15, 0.2) is 24.3 Å². The van der Waals surface area contributed by atoms with E-state index in [1.165, 1.54) is 4.90 Å². The van der Waals surface area contributed by atoms with Gasteiger partial charge in [0.2, 0.25) is 11.8 Å². The smallest absolute Gasteiger partial charge is 0.251 e. The first kappa shape index (κ1) is 13.3. The Balaban J connectivity index is 2.12. The molecule has 19 heavy (non-hydrogen) atoms. The minimum Gasteiger partial charge on any atom is -0.352 e. The molecule has 100 valence electrons. The molecular formula is C14H16N2O3. The second kappa shape index (κ2) is 5.65. The van der Waals surface area contributed by atoms with Crippen LogP contribution in [0, 0.1) is 0 Å². The molecule has 5 nitrogen and oxygen atoms in total. The van der Waals surface area contributed by atoms with Crippen LogP contribution in [0.3, 0.4) is 0 Å². The Labute approximate surface area is 111 Å². The van der Waals surface area contributed by atoms with E-state index in [1.807, 2.05) is 6.92 Å². The fourth-order valence-electron chi connectivity index (χ4n) is 1.97. The van der Waals surface area contributed by atoms with Crippen molar-refractivity contribution < 1.29 is 14.4 Å². The molecule has 0 aliphatic carbocycles. The number of nitrogens with one attached hydrogen (secondary N) is 1. The molecule has 2 rings (SSSR count). The summed E-state index contributed by atoms with van der Waals surface area (Å²) in [4.78, 5) is 36.0. The third kappa shape index (κ3) is 2.81. The van der Waals surface area contributed by atoms with Gasteiger partial charge in [0.15, 0.2) is 0 Å². The first-order valence-electron chi connectivity index (χ1n) is 6.37. The Bertz CT molecular complexity index is 492. The van der Waals surface area contributed by atoms with Crippen molar-refractivity contribution >= 4 is 23.4 Å². The highest BCUT2D eigenvalue weighted by molar-refractivity contribution is 6.19. The maximum atomic E-state index is 11.7. The summed E-state index contributed by atoms with van der Waals surface area (Å²) in [6, 6.07) is 6.50. The normalized spacial score (nSPS) is 14.9. The number of carbonyl (C=O) groups excluding carboxylic acids is 3. The molecule has 0 unspecified atom stereocenters. The van der Waals surface area contributed by atoms with Crippen LogP contribution >= 0.6 is 0 Å². The molecule has 1 heterocycles. The topological polar surface area (TPSA) is 66.5 Å². The van der Waals surface area contributed by atoms with Gasteiger partial charge in [-0.3, -0.25) is 19.3 Å². The minimum atomic E-state index is -0.187. The van der Waals surface area contributed by atoms with Gasteiger partial charge in [-0.15, -0.1) is 0 Å². The van der Waals surface area contributed by atoms with Crippen molar-refractivity contribution in [3.05, 3.63) is 29.8 Å². The third-order valence-corrected chi connectivity index (χ3v) is 2.97. The molecule has 0 aromatic heterocycles. The number of benzene rings is 1. The highest BCUT2D eigenvalue weighted by Gasteiger charge is 2.30. The van der Waals surface area contributed by atoms with Crippen molar-refractivity contribution in [3.8, 4) is 0 Å². The number of amides is 3. The van der Waals surface area contributed by atoms with Crippen LogP contribution in [0.25, 0.3) is 0 Å². The summed E-state index contributed by atoms with van der Waals surface area (Å²) < 4.78 is 0. The van der Waals surface area contributed by atoms with Gasteiger partial charge in [0.25, 0.3) is 5.91 Å². The predicted octanol–water partition coefficient (Wildman–Crippen LogP) is 1.48. The standard InChI is InChI=1S/C14H16N2O3/c1-2-9-15-14(19)10-3-5-11(6-4-10)16-12(17)7-8-13(16)18/h3-6H,2,7-9H2,1H3,(H,15,19). The summed E-state index contributed by atoms with van der Waals surface area (Å²) in [5, 5.41) is 2.77. The van der Waals surface area contributed by atoms with Gasteiger partial charge in [0, 0.05) is 24.9 Å². The van der Waals surface area contributed by atoms with E-state index in [-0.39, 0.29) is 30.6 Å². The summed E-state index contributed by atoms with van der Waals surface area (Å²) in [5.41, 5.74) is 1.05. The number of hydrogen-bond acceptors (Lipinski definition) is 3. The Morgan fingerprint density at radius 1 is 1.16 bits per heavy atom. The van der Waals surface area contributed by atoms with Crippen LogP contribution in [-0.4, -0.2) is 24.3 Å². The van der Waals surface area contributed by atoms with Crippen LogP contribution in [0.4, 0.5) is 5.69 Å². The Morgan fingerprint density at radius 3 is 2.26 bits per heavy atom. The van der Waals surface area contributed by atoms with Crippen LogP contribution in [-0.2, 0) is 9.59 Å². The summed E-state index contributed by atoms with van der Waals surface area (Å²) in [6.45, 7) is 2.61. The van der Waals surface area contributed by atoms with Crippen LogP contribution in [0.5, 0.6) is 0 Å². The summed E-state index contributed by atoms with van der Waals surface area (Å²) >= 11 is 0. The van der Waals surface area contributed by atoms with Crippen LogP contribution in [0.1, 0.15) is 36.5 Å². The van der Waals surface area contributed by atoms with E-state index < -0.39 is 0 Å². The average Bonchev–Trinajstić information content (AvgIpc) is 2.76. The molecule has 1 aromatic rings. The lowest BCUT2D eigenvalue weighted by Crippen LogP contribution is -2.28. The second-order valence-corrected chi connectivity index (χ2v) is 4.43. The predicted molar refractivity (Wildman–Crippen MR) is 70.8 cm³/mol. The molecule has 1 aliphatic rings. The van der Waals surface area contributed by atoms with Crippen molar-refractivity contribution in [1.29, 1.82) is 0 Å². The van der Waals surface area contributed by atoms with Crippen LogP contribution in [0.2, 0.25) is 0 Å². The maximum Gasteiger partial charge on any atom is 0.251 e. The second-order valence-electron chi connectivity index (χ2n) is 4.43. The molecule has 3 amide bonds. The molecule has 1 N–H and O–H groups in total. The molecule has 1 saturated heterocycles. The molecule has 0 radical (unpaired) electrons. The van der Waals surface area contributed by atoms with Gasteiger partial charge in [-0.05, 0) is 30.7 Å². The molecule has 1 fully saturated rings. The van der Waals surface area contributed by atoms with Crippen molar-refractivity contribution in [1.82, 2.24) is 5.32 Å². The number of rotatable bonds is 4. The zero-order valence-electron chi connectivity index (χ0n) is 10.8. The fourth-order valence-corrected chi connectivity index (χ4v) is 1.97. The fraction of sp³-hybridized carbons (Fsp3) is 0.357. The number of anilines is 1. The van der Waals surface area contributed by atoms with Gasteiger partial charge in [-0.1, -0.05) is 6.92 Å². The highest BCUT2D eigenvalue weighted by atomic mass is 16.2. The molecule has 0 spiro atoms. The van der Waals surface area contributed by atoms with Crippen molar-refractivity contribution in [2.24, 2.45) is 0 Å². The zero-order valence-corrected chi connectivity index (χ0v) is 10.8. The SMILES string of the molecule is CCCNC(=O)c1ccc(N2C(=O)CCC2=O)cc1. The molecule has 1 aromatic carbocycles. The Kier molecular flexibility index (Phi) is 3.94. The van der Waals surface area contributed by atoms with Gasteiger partial charge in [-0.2, -0.15) is 0 Å². The quantitative estimate of drug-likeness (QED) is 0.834. The van der Waals surface area contributed by atoms with Gasteiger partial charge < -0.3 is 5.32 Å². The summed E-state index contributed by atoms with van der Waals surface area (Å²) in [6.07, 6.45) is 1.40. The van der Waals surface area contributed by atoms with E-state index >= 15 is 0 Å². The van der Waals surface area contributed by atoms with Crippen LogP contribution < -0.4 is 10.2 Å². The zero-order chi connectivity index (χ0) is 13.8. The monoisotopic (exact) mass is 260 g/mol. The van der Waals surface area contributed by atoms with E-state index in [4.69, 9.17) is 0 Å². The van der Waals surface area contributed by atoms with Gasteiger partial charge in [0.05, 0.1) is 5.69 Å². The van der Waals surface area contributed by atoms with E-state index in [2.05, 4.69) is 5.32 Å². The molecule has 1 aliphatic heterocycles.